The minimum absolute atomic E-state index is 0.124. The third kappa shape index (κ3) is 2.35. The van der Waals surface area contributed by atoms with Gasteiger partial charge in [0.2, 0.25) is 5.91 Å². The first kappa shape index (κ1) is 11.4. The van der Waals surface area contributed by atoms with E-state index < -0.39 is 0 Å². The van der Waals surface area contributed by atoms with E-state index in [0.717, 1.165) is 25.8 Å². The highest BCUT2D eigenvalue weighted by Crippen LogP contribution is 2.30. The van der Waals surface area contributed by atoms with Crippen molar-refractivity contribution in [3.05, 3.63) is 0 Å². The zero-order chi connectivity index (χ0) is 11.5. The standard InChI is InChI=1S/C12H19N3O/c1-9-11(5-7-14-9)12(16)15(8-2-6-13)10-3-4-10/h9-11,14H,2-5,7-8H2,1H3. The van der Waals surface area contributed by atoms with Crippen LogP contribution in [0.1, 0.15) is 32.6 Å². The van der Waals surface area contributed by atoms with Gasteiger partial charge in [-0.3, -0.25) is 4.79 Å². The number of rotatable bonds is 4. The monoisotopic (exact) mass is 221 g/mol. The second-order valence-corrected chi connectivity index (χ2v) is 4.81. The molecule has 0 radical (unpaired) electrons. The summed E-state index contributed by atoms with van der Waals surface area (Å²) in [6.45, 7) is 3.63. The summed E-state index contributed by atoms with van der Waals surface area (Å²) in [5.74, 6) is 0.384. The van der Waals surface area contributed by atoms with E-state index in [1.54, 1.807) is 0 Å². The highest BCUT2D eigenvalue weighted by atomic mass is 16.2. The maximum Gasteiger partial charge on any atom is 0.227 e. The van der Waals surface area contributed by atoms with Gasteiger partial charge in [-0.05, 0) is 32.7 Å². The van der Waals surface area contributed by atoms with Gasteiger partial charge in [-0.2, -0.15) is 5.26 Å². The number of nitrogens with zero attached hydrogens (tertiary/aromatic N) is 2. The molecule has 2 atom stereocenters. The maximum atomic E-state index is 12.3. The number of carbonyl (C=O) groups excluding carboxylic acids is 1. The van der Waals surface area contributed by atoms with Gasteiger partial charge in [-0.1, -0.05) is 0 Å². The predicted molar refractivity (Wildman–Crippen MR) is 60.5 cm³/mol. The third-order valence-corrected chi connectivity index (χ3v) is 3.58. The van der Waals surface area contributed by atoms with E-state index in [9.17, 15) is 4.79 Å². The van der Waals surface area contributed by atoms with Crippen LogP contribution in [0.4, 0.5) is 0 Å². The van der Waals surface area contributed by atoms with Crippen molar-refractivity contribution in [2.75, 3.05) is 13.1 Å². The van der Waals surface area contributed by atoms with Gasteiger partial charge in [0.1, 0.15) is 0 Å². The molecule has 1 saturated carbocycles. The normalized spacial score (nSPS) is 28.8. The first-order valence-corrected chi connectivity index (χ1v) is 6.15. The van der Waals surface area contributed by atoms with E-state index in [1.807, 2.05) is 4.90 Å². The van der Waals surface area contributed by atoms with Crippen molar-refractivity contribution >= 4 is 5.91 Å². The number of hydrogen-bond acceptors (Lipinski definition) is 3. The van der Waals surface area contributed by atoms with E-state index in [1.165, 1.54) is 0 Å². The van der Waals surface area contributed by atoms with Gasteiger partial charge >= 0.3 is 0 Å². The SMILES string of the molecule is CC1NCCC1C(=O)N(CCC#N)C1CC1. The minimum Gasteiger partial charge on any atom is -0.338 e. The summed E-state index contributed by atoms with van der Waals surface area (Å²) < 4.78 is 0. The van der Waals surface area contributed by atoms with Crippen molar-refractivity contribution in [3.8, 4) is 6.07 Å². The van der Waals surface area contributed by atoms with Gasteiger partial charge < -0.3 is 10.2 Å². The number of nitriles is 1. The minimum atomic E-state index is 0.124. The summed E-state index contributed by atoms with van der Waals surface area (Å²) in [6, 6.07) is 2.84. The number of nitrogens with one attached hydrogen (secondary N) is 1. The van der Waals surface area contributed by atoms with Crippen LogP contribution in [-0.4, -0.2) is 36.0 Å². The quantitative estimate of drug-likeness (QED) is 0.767. The number of amides is 1. The highest BCUT2D eigenvalue weighted by molar-refractivity contribution is 5.80. The van der Waals surface area contributed by atoms with Crippen molar-refractivity contribution in [1.82, 2.24) is 10.2 Å². The zero-order valence-corrected chi connectivity index (χ0v) is 9.78. The Hall–Kier alpha value is -1.08. The molecule has 0 bridgehead atoms. The molecule has 4 nitrogen and oxygen atoms in total. The molecular weight excluding hydrogens is 202 g/mol. The lowest BCUT2D eigenvalue weighted by Gasteiger charge is -2.26. The van der Waals surface area contributed by atoms with E-state index in [2.05, 4.69) is 18.3 Å². The van der Waals surface area contributed by atoms with Crippen molar-refractivity contribution in [3.63, 3.8) is 0 Å². The van der Waals surface area contributed by atoms with Gasteiger partial charge in [-0.25, -0.2) is 0 Å². The van der Waals surface area contributed by atoms with Crippen molar-refractivity contribution in [2.45, 2.75) is 44.7 Å². The Morgan fingerprint density at radius 1 is 1.50 bits per heavy atom. The first-order valence-electron chi connectivity index (χ1n) is 6.15. The van der Waals surface area contributed by atoms with Gasteiger partial charge in [0.15, 0.2) is 0 Å². The van der Waals surface area contributed by atoms with Crippen LogP contribution in [0.25, 0.3) is 0 Å². The molecule has 0 aromatic rings. The molecule has 1 heterocycles. The molecule has 2 rings (SSSR count). The second kappa shape index (κ2) is 4.84. The summed E-state index contributed by atoms with van der Waals surface area (Å²) in [7, 11) is 0. The van der Waals surface area contributed by atoms with E-state index in [4.69, 9.17) is 5.26 Å². The van der Waals surface area contributed by atoms with Gasteiger partial charge in [0.25, 0.3) is 0 Å². The summed E-state index contributed by atoms with van der Waals surface area (Å²) in [5, 5.41) is 11.9. The van der Waals surface area contributed by atoms with Gasteiger partial charge in [0.05, 0.1) is 18.4 Å². The molecule has 16 heavy (non-hydrogen) atoms. The lowest BCUT2D eigenvalue weighted by molar-refractivity contribution is -0.136. The molecule has 2 unspecified atom stereocenters. The van der Waals surface area contributed by atoms with E-state index in [-0.39, 0.29) is 17.9 Å². The molecule has 2 aliphatic rings. The Morgan fingerprint density at radius 3 is 2.75 bits per heavy atom. The largest absolute Gasteiger partial charge is 0.338 e. The molecule has 1 amide bonds. The van der Waals surface area contributed by atoms with Crippen LogP contribution in [-0.2, 0) is 4.79 Å². The van der Waals surface area contributed by atoms with Crippen LogP contribution in [0.15, 0.2) is 0 Å². The fraction of sp³-hybridized carbons (Fsp3) is 0.833. The Bertz CT molecular complexity index is 306. The molecule has 4 heteroatoms. The molecule has 1 N–H and O–H groups in total. The summed E-state index contributed by atoms with van der Waals surface area (Å²) in [4.78, 5) is 14.3. The topological polar surface area (TPSA) is 56.1 Å². The summed E-state index contributed by atoms with van der Waals surface area (Å²) in [5.41, 5.74) is 0. The molecule has 0 aromatic heterocycles. The van der Waals surface area contributed by atoms with Crippen molar-refractivity contribution in [1.29, 1.82) is 5.26 Å². The van der Waals surface area contributed by atoms with Crippen LogP contribution in [0.5, 0.6) is 0 Å². The molecule has 1 aliphatic heterocycles. The average Bonchev–Trinajstić information content (AvgIpc) is 3.01. The molecule has 1 aliphatic carbocycles. The highest BCUT2D eigenvalue weighted by Gasteiger charge is 2.38. The third-order valence-electron chi connectivity index (χ3n) is 3.58. The van der Waals surface area contributed by atoms with Gasteiger partial charge in [0, 0.05) is 18.6 Å². The number of hydrogen-bond donors (Lipinski definition) is 1. The Labute approximate surface area is 96.6 Å². The lowest BCUT2D eigenvalue weighted by atomic mass is 10.00. The van der Waals surface area contributed by atoms with E-state index >= 15 is 0 Å². The first-order chi connectivity index (χ1) is 7.74. The van der Waals surface area contributed by atoms with Crippen LogP contribution < -0.4 is 5.32 Å². The molecular formula is C12H19N3O. The Balaban J connectivity index is 1.96. The smallest absolute Gasteiger partial charge is 0.227 e. The maximum absolute atomic E-state index is 12.3. The lowest BCUT2D eigenvalue weighted by Crippen LogP contribution is -2.42. The fourth-order valence-corrected chi connectivity index (χ4v) is 2.44. The zero-order valence-electron chi connectivity index (χ0n) is 9.78. The van der Waals surface area contributed by atoms with Crippen LogP contribution >= 0.6 is 0 Å². The summed E-state index contributed by atoms with van der Waals surface area (Å²) in [6.07, 6.45) is 3.63. The second-order valence-electron chi connectivity index (χ2n) is 4.81. The van der Waals surface area contributed by atoms with Crippen LogP contribution in [0.2, 0.25) is 0 Å². The van der Waals surface area contributed by atoms with Crippen LogP contribution in [0.3, 0.4) is 0 Å². The molecule has 0 spiro atoms. The van der Waals surface area contributed by atoms with Gasteiger partial charge in [-0.15, -0.1) is 0 Å². The number of carbonyl (C=O) groups is 1. The fourth-order valence-electron chi connectivity index (χ4n) is 2.44. The van der Waals surface area contributed by atoms with Crippen molar-refractivity contribution < 1.29 is 4.79 Å². The molecule has 0 aromatic carbocycles. The Morgan fingerprint density at radius 2 is 2.25 bits per heavy atom. The Kier molecular flexibility index (Phi) is 3.45. The van der Waals surface area contributed by atoms with Crippen molar-refractivity contribution in [2.24, 2.45) is 5.92 Å². The predicted octanol–water partition coefficient (Wildman–Crippen LogP) is 0.889. The summed E-state index contributed by atoms with van der Waals surface area (Å²) >= 11 is 0. The van der Waals surface area contributed by atoms with E-state index in [0.29, 0.717) is 19.0 Å². The molecule has 2 fully saturated rings. The molecule has 88 valence electrons. The molecule has 1 saturated heterocycles. The average molecular weight is 221 g/mol. The van der Waals surface area contributed by atoms with Crippen LogP contribution in [0, 0.1) is 17.2 Å².